The van der Waals surface area contributed by atoms with Crippen molar-refractivity contribution >= 4 is 17.5 Å². The predicted molar refractivity (Wildman–Crippen MR) is 122 cm³/mol. The first kappa shape index (κ1) is 21.4. The molecular weight excluding hydrogens is 412 g/mol. The summed E-state index contributed by atoms with van der Waals surface area (Å²) in [4.78, 5) is 35.2. The Morgan fingerprint density at radius 3 is 2.81 bits per heavy atom. The molecule has 0 bridgehead atoms. The fraction of sp³-hybridized carbons (Fsp3) is 0.792. The lowest BCUT2D eigenvalue weighted by atomic mass is 9.78. The van der Waals surface area contributed by atoms with E-state index >= 15 is 0 Å². The molecule has 4 atom stereocenters. The zero-order valence-corrected chi connectivity index (χ0v) is 19.2. The SMILES string of the molecule is O=C(CN1CC[C@@H](c2cc(=O)n3c(n2)CCCCC3)C1)N1CC[C@H](Cl)[C@H]2CCCC[C@@H]21. The van der Waals surface area contributed by atoms with Crippen molar-refractivity contribution in [1.29, 1.82) is 0 Å². The summed E-state index contributed by atoms with van der Waals surface area (Å²) in [5.41, 5.74) is 1.03. The van der Waals surface area contributed by atoms with Gasteiger partial charge in [0.15, 0.2) is 0 Å². The van der Waals surface area contributed by atoms with E-state index < -0.39 is 0 Å². The van der Waals surface area contributed by atoms with Crippen molar-refractivity contribution in [3.63, 3.8) is 0 Å². The maximum Gasteiger partial charge on any atom is 0.253 e. The number of nitrogens with zero attached hydrogens (tertiary/aromatic N) is 4. The van der Waals surface area contributed by atoms with Crippen LogP contribution in [0, 0.1) is 5.92 Å². The molecule has 4 aliphatic rings. The van der Waals surface area contributed by atoms with Crippen LogP contribution >= 0.6 is 11.6 Å². The van der Waals surface area contributed by atoms with E-state index in [0.29, 0.717) is 18.5 Å². The van der Waals surface area contributed by atoms with Crippen LogP contribution < -0.4 is 5.56 Å². The van der Waals surface area contributed by atoms with Crippen LogP contribution in [0.2, 0.25) is 0 Å². The molecule has 170 valence electrons. The zero-order valence-electron chi connectivity index (χ0n) is 18.5. The van der Waals surface area contributed by atoms with Crippen LogP contribution in [0.25, 0.3) is 0 Å². The fourth-order valence-corrected chi connectivity index (χ4v) is 6.73. The van der Waals surface area contributed by atoms with Crippen molar-refractivity contribution in [3.05, 3.63) is 27.9 Å². The number of fused-ring (bicyclic) bond motifs is 2. The van der Waals surface area contributed by atoms with Crippen molar-refractivity contribution in [2.45, 2.75) is 88.1 Å². The Balaban J connectivity index is 1.23. The summed E-state index contributed by atoms with van der Waals surface area (Å²) in [6.45, 7) is 3.80. The van der Waals surface area contributed by atoms with Crippen LogP contribution in [0.3, 0.4) is 0 Å². The first-order valence-corrected chi connectivity index (χ1v) is 12.8. The zero-order chi connectivity index (χ0) is 21.4. The molecule has 3 fully saturated rings. The molecule has 3 aliphatic heterocycles. The van der Waals surface area contributed by atoms with Gasteiger partial charge in [-0.25, -0.2) is 4.98 Å². The van der Waals surface area contributed by atoms with E-state index in [-0.39, 0.29) is 22.8 Å². The van der Waals surface area contributed by atoms with E-state index in [1.807, 2.05) is 4.57 Å². The number of aryl methyl sites for hydroxylation is 1. The topological polar surface area (TPSA) is 58.4 Å². The smallest absolute Gasteiger partial charge is 0.253 e. The first-order chi connectivity index (χ1) is 15.1. The quantitative estimate of drug-likeness (QED) is 0.669. The van der Waals surface area contributed by atoms with E-state index in [1.54, 1.807) is 6.07 Å². The Bertz CT molecular complexity index is 872. The molecule has 31 heavy (non-hydrogen) atoms. The second-order valence-corrected chi connectivity index (χ2v) is 10.6. The summed E-state index contributed by atoms with van der Waals surface area (Å²) in [5.74, 6) is 1.94. The van der Waals surface area contributed by atoms with E-state index in [9.17, 15) is 9.59 Å². The van der Waals surface area contributed by atoms with Crippen LogP contribution in [0.4, 0.5) is 0 Å². The molecule has 1 amide bonds. The molecule has 0 aromatic carbocycles. The number of rotatable bonds is 3. The average molecular weight is 447 g/mol. The molecule has 2 saturated heterocycles. The van der Waals surface area contributed by atoms with Crippen molar-refractivity contribution in [2.75, 3.05) is 26.2 Å². The van der Waals surface area contributed by atoms with Gasteiger partial charge >= 0.3 is 0 Å². The molecule has 1 aliphatic carbocycles. The molecule has 0 N–H and O–H groups in total. The van der Waals surface area contributed by atoms with Crippen LogP contribution in [0.5, 0.6) is 0 Å². The van der Waals surface area contributed by atoms with E-state index in [0.717, 1.165) is 82.6 Å². The summed E-state index contributed by atoms with van der Waals surface area (Å²) < 4.78 is 1.87. The number of hydrogen-bond acceptors (Lipinski definition) is 4. The molecule has 5 rings (SSSR count). The predicted octanol–water partition coefficient (Wildman–Crippen LogP) is 3.16. The van der Waals surface area contributed by atoms with Gasteiger partial charge in [0, 0.05) is 49.5 Å². The lowest BCUT2D eigenvalue weighted by Crippen LogP contribution is -2.55. The minimum Gasteiger partial charge on any atom is -0.338 e. The summed E-state index contributed by atoms with van der Waals surface area (Å²) in [6, 6.07) is 2.09. The van der Waals surface area contributed by atoms with Gasteiger partial charge in [-0.3, -0.25) is 19.1 Å². The highest BCUT2D eigenvalue weighted by Crippen LogP contribution is 2.38. The largest absolute Gasteiger partial charge is 0.338 e. The molecule has 1 aromatic heterocycles. The van der Waals surface area contributed by atoms with Gasteiger partial charge in [0.25, 0.3) is 5.56 Å². The molecule has 4 heterocycles. The second kappa shape index (κ2) is 9.22. The highest BCUT2D eigenvalue weighted by Gasteiger charge is 2.41. The molecule has 0 radical (unpaired) electrons. The minimum atomic E-state index is 0.101. The molecule has 7 heteroatoms. The molecule has 0 spiro atoms. The van der Waals surface area contributed by atoms with Gasteiger partial charge in [-0.05, 0) is 51.0 Å². The highest BCUT2D eigenvalue weighted by atomic mass is 35.5. The number of amides is 1. The van der Waals surface area contributed by atoms with E-state index in [4.69, 9.17) is 16.6 Å². The van der Waals surface area contributed by atoms with Crippen LogP contribution in [0.15, 0.2) is 10.9 Å². The summed E-state index contributed by atoms with van der Waals surface area (Å²) in [5, 5.41) is 0.226. The number of alkyl halides is 1. The Morgan fingerprint density at radius 1 is 1.03 bits per heavy atom. The normalized spacial score (nSPS) is 31.7. The number of halogens is 1. The monoisotopic (exact) mass is 446 g/mol. The average Bonchev–Trinajstić information content (AvgIpc) is 3.10. The van der Waals surface area contributed by atoms with Crippen molar-refractivity contribution < 1.29 is 4.79 Å². The van der Waals surface area contributed by atoms with E-state index in [2.05, 4.69) is 9.80 Å². The Hall–Kier alpha value is -1.40. The number of carbonyl (C=O) groups excluding carboxylic acids is 1. The highest BCUT2D eigenvalue weighted by molar-refractivity contribution is 6.21. The van der Waals surface area contributed by atoms with Gasteiger partial charge in [0.2, 0.25) is 5.91 Å². The van der Waals surface area contributed by atoms with Crippen molar-refractivity contribution in [2.24, 2.45) is 5.92 Å². The number of piperidine rings is 1. The summed E-state index contributed by atoms with van der Waals surface area (Å²) >= 11 is 6.61. The second-order valence-electron chi connectivity index (χ2n) is 10.0. The van der Waals surface area contributed by atoms with Gasteiger partial charge in [-0.2, -0.15) is 0 Å². The van der Waals surface area contributed by atoms with Gasteiger partial charge in [-0.15, -0.1) is 11.6 Å². The lowest BCUT2D eigenvalue weighted by molar-refractivity contribution is -0.138. The van der Waals surface area contributed by atoms with Crippen LogP contribution in [-0.4, -0.2) is 62.9 Å². The third-order valence-electron chi connectivity index (χ3n) is 8.05. The Labute approximate surface area is 190 Å². The van der Waals surface area contributed by atoms with Crippen LogP contribution in [-0.2, 0) is 17.8 Å². The standard InChI is InChI=1S/C24H35ClN4O2/c25-19-10-13-28(21-7-4-3-6-18(19)21)24(31)16-27-12-9-17(15-27)20-14-23(30)29-11-5-1-2-8-22(29)26-20/h14,17-19,21H,1-13,15-16H2/t17-,18-,19+,21+/m1/s1. The first-order valence-electron chi connectivity index (χ1n) is 12.4. The van der Waals surface area contributed by atoms with Gasteiger partial charge < -0.3 is 4.90 Å². The maximum atomic E-state index is 13.2. The van der Waals surface area contributed by atoms with Gasteiger partial charge in [0.05, 0.1) is 12.2 Å². The Kier molecular flexibility index (Phi) is 6.38. The van der Waals surface area contributed by atoms with Crippen LogP contribution in [0.1, 0.15) is 75.2 Å². The van der Waals surface area contributed by atoms with Crippen molar-refractivity contribution in [3.8, 4) is 0 Å². The molecule has 6 nitrogen and oxygen atoms in total. The Morgan fingerprint density at radius 2 is 1.90 bits per heavy atom. The number of carbonyl (C=O) groups is 1. The molecule has 1 aromatic rings. The molecule has 0 unspecified atom stereocenters. The van der Waals surface area contributed by atoms with Gasteiger partial charge in [-0.1, -0.05) is 19.3 Å². The number of hydrogen-bond donors (Lipinski definition) is 0. The fourth-order valence-electron chi connectivity index (χ4n) is 6.34. The minimum absolute atomic E-state index is 0.101. The lowest BCUT2D eigenvalue weighted by Gasteiger charge is -2.46. The third kappa shape index (κ3) is 4.43. The summed E-state index contributed by atoms with van der Waals surface area (Å²) in [7, 11) is 0. The van der Waals surface area contributed by atoms with Crippen molar-refractivity contribution in [1.82, 2.24) is 19.4 Å². The molecule has 1 saturated carbocycles. The maximum absolute atomic E-state index is 13.2. The number of likely N-dealkylation sites (tertiary alicyclic amines) is 2. The number of aromatic nitrogens is 2. The van der Waals surface area contributed by atoms with Gasteiger partial charge in [0.1, 0.15) is 5.82 Å². The molecular formula is C24H35ClN4O2. The third-order valence-corrected chi connectivity index (χ3v) is 8.59. The van der Waals surface area contributed by atoms with E-state index in [1.165, 1.54) is 19.3 Å². The summed E-state index contributed by atoms with van der Waals surface area (Å²) in [6.07, 6.45) is 10.8.